The molecule has 1 heterocycles. The highest BCUT2D eigenvalue weighted by Crippen LogP contribution is 2.23. The highest BCUT2D eigenvalue weighted by molar-refractivity contribution is 5.76. The molecule has 1 amide bonds. The number of aliphatic hydroxyl groups is 5. The number of hydrogen-bond acceptors (Lipinski definition) is 8. The van der Waals surface area contributed by atoms with Crippen LogP contribution in [-0.2, 0) is 14.3 Å². The first-order chi connectivity index (χ1) is 39.8. The molecule has 1 fully saturated rings. The maximum atomic E-state index is 13.1. The van der Waals surface area contributed by atoms with E-state index in [0.717, 1.165) is 109 Å². The summed E-state index contributed by atoms with van der Waals surface area (Å²) in [5.74, 6) is -0.151. The Morgan fingerprint density at radius 2 is 0.765 bits per heavy atom. The molecule has 464 valence electrons. The van der Waals surface area contributed by atoms with Gasteiger partial charge in [0, 0.05) is 6.42 Å². The number of amides is 1. The van der Waals surface area contributed by atoms with Crippen molar-refractivity contribution in [1.29, 1.82) is 0 Å². The highest BCUT2D eigenvalue weighted by atomic mass is 16.7. The van der Waals surface area contributed by atoms with Crippen LogP contribution in [0.15, 0.2) is 122 Å². The summed E-state index contributed by atoms with van der Waals surface area (Å²) in [5, 5.41) is 54.8. The number of aliphatic hydroxyl groups excluding tert-OH is 5. The molecular formula is C72H123NO8. The predicted octanol–water partition coefficient (Wildman–Crippen LogP) is 17.9. The largest absolute Gasteiger partial charge is 0.394 e. The van der Waals surface area contributed by atoms with Crippen molar-refractivity contribution >= 4 is 5.91 Å². The molecule has 6 N–H and O–H groups in total. The van der Waals surface area contributed by atoms with E-state index < -0.39 is 49.5 Å². The maximum absolute atomic E-state index is 13.1. The number of ether oxygens (including phenoxy) is 2. The average molecular weight is 1130 g/mol. The maximum Gasteiger partial charge on any atom is 0.220 e. The van der Waals surface area contributed by atoms with E-state index in [1.807, 2.05) is 0 Å². The molecule has 1 aliphatic heterocycles. The normalized spacial score (nSPS) is 19.2. The molecular weight excluding hydrogens is 1010 g/mol. The third kappa shape index (κ3) is 48.6. The second-order valence-electron chi connectivity index (χ2n) is 22.5. The Kier molecular flexibility index (Phi) is 55.8. The highest BCUT2D eigenvalue weighted by Gasteiger charge is 2.44. The first-order valence-electron chi connectivity index (χ1n) is 33.2. The van der Waals surface area contributed by atoms with E-state index in [1.54, 1.807) is 0 Å². The SMILES string of the molecule is CC/C=C\C/C=C\C/C=C\C/C=C\C/C=C\C/C=C\C/C=C\C/C=C\C/C=C\C/C=C\CCCCCCCCCCCCC(=O)NC(COC1OC(CO)C(O)C(O)C1O)C(O)CCCCCCCCCCCCCCCCCCC. The molecule has 0 saturated carbocycles. The summed E-state index contributed by atoms with van der Waals surface area (Å²) in [5.41, 5.74) is 0. The van der Waals surface area contributed by atoms with Crippen LogP contribution in [-0.4, -0.2) is 87.5 Å². The van der Waals surface area contributed by atoms with Gasteiger partial charge in [-0.2, -0.15) is 0 Å². The topological polar surface area (TPSA) is 149 Å². The first kappa shape index (κ1) is 75.6. The first-order valence-corrected chi connectivity index (χ1v) is 33.2. The van der Waals surface area contributed by atoms with E-state index in [1.165, 1.54) is 135 Å². The average Bonchev–Trinajstić information content (AvgIpc) is 3.49. The second kappa shape index (κ2) is 59.7. The van der Waals surface area contributed by atoms with Crippen LogP contribution >= 0.6 is 0 Å². The number of rotatable bonds is 56. The molecule has 0 aromatic rings. The lowest BCUT2D eigenvalue weighted by Gasteiger charge is -2.40. The lowest BCUT2D eigenvalue weighted by molar-refractivity contribution is -0.302. The van der Waals surface area contributed by atoms with Crippen molar-refractivity contribution in [2.75, 3.05) is 13.2 Å². The fourth-order valence-electron chi connectivity index (χ4n) is 9.90. The fraction of sp³-hybridized carbons (Fsp3) is 0.708. The Hall–Kier alpha value is -3.41. The van der Waals surface area contributed by atoms with Gasteiger partial charge in [-0.15, -0.1) is 0 Å². The van der Waals surface area contributed by atoms with Gasteiger partial charge in [0.05, 0.1) is 25.4 Å². The minimum Gasteiger partial charge on any atom is -0.394 e. The summed E-state index contributed by atoms with van der Waals surface area (Å²) in [4.78, 5) is 13.1. The second-order valence-corrected chi connectivity index (χ2v) is 22.5. The third-order valence-corrected chi connectivity index (χ3v) is 15.1. The molecule has 0 radical (unpaired) electrons. The molecule has 0 spiro atoms. The molecule has 7 atom stereocenters. The zero-order chi connectivity index (χ0) is 58.6. The molecule has 7 unspecified atom stereocenters. The van der Waals surface area contributed by atoms with Crippen molar-refractivity contribution in [3.8, 4) is 0 Å². The lowest BCUT2D eigenvalue weighted by atomic mass is 9.99. The van der Waals surface area contributed by atoms with Crippen molar-refractivity contribution in [1.82, 2.24) is 5.32 Å². The van der Waals surface area contributed by atoms with E-state index in [2.05, 4.69) is 141 Å². The Morgan fingerprint density at radius 3 is 1.14 bits per heavy atom. The van der Waals surface area contributed by atoms with Crippen LogP contribution in [0.5, 0.6) is 0 Å². The minimum absolute atomic E-state index is 0.144. The van der Waals surface area contributed by atoms with Crippen LogP contribution in [0.4, 0.5) is 0 Å². The number of hydrogen-bond donors (Lipinski definition) is 6. The van der Waals surface area contributed by atoms with E-state index >= 15 is 0 Å². The van der Waals surface area contributed by atoms with Gasteiger partial charge in [0.25, 0.3) is 0 Å². The van der Waals surface area contributed by atoms with Gasteiger partial charge < -0.3 is 40.3 Å². The van der Waals surface area contributed by atoms with Gasteiger partial charge in [-0.1, -0.05) is 296 Å². The van der Waals surface area contributed by atoms with E-state index in [9.17, 15) is 30.3 Å². The zero-order valence-electron chi connectivity index (χ0n) is 51.7. The standard InChI is InChI=1S/C72H123NO8/c1-3-5-7-9-11-13-15-17-19-21-22-23-24-25-26-27-28-29-30-31-32-33-34-35-36-37-38-39-40-41-42-43-44-46-48-50-52-54-56-58-60-62-68(76)73-65(64-80-72-71(79)70(78)69(77)67(63-74)81-72)66(75)61-59-57-55-53-51-49-47-45-20-18-16-14-12-10-8-6-4-2/h5,7,11,13,17,19,22-23,25-26,28-29,31-32,34-35,37-38,40-41,65-67,69-72,74-75,77-79H,3-4,6,8-10,12,14-16,18,20-21,24,27,30,33,36,39,42-64H2,1-2H3,(H,73,76)/b7-5-,13-11-,19-17-,23-22-,26-25-,29-28-,32-31-,35-34-,38-37-,41-40-. The molecule has 9 nitrogen and oxygen atoms in total. The summed E-state index contributed by atoms with van der Waals surface area (Å²) < 4.78 is 11.3. The van der Waals surface area contributed by atoms with Gasteiger partial charge in [-0.25, -0.2) is 0 Å². The minimum atomic E-state index is -1.56. The smallest absolute Gasteiger partial charge is 0.220 e. The fourth-order valence-corrected chi connectivity index (χ4v) is 9.90. The van der Waals surface area contributed by atoms with Gasteiger partial charge in [0.1, 0.15) is 24.4 Å². The summed E-state index contributed by atoms with van der Waals surface area (Å²) in [7, 11) is 0. The van der Waals surface area contributed by atoms with Gasteiger partial charge in [-0.05, 0) is 89.9 Å². The number of carbonyl (C=O) groups excluding carboxylic acids is 1. The molecule has 0 bridgehead atoms. The molecule has 0 aromatic carbocycles. The van der Waals surface area contributed by atoms with Crippen molar-refractivity contribution in [2.24, 2.45) is 0 Å². The van der Waals surface area contributed by atoms with Crippen molar-refractivity contribution in [3.63, 3.8) is 0 Å². The molecule has 1 rings (SSSR count). The monoisotopic (exact) mass is 1130 g/mol. The quantitative estimate of drug-likeness (QED) is 0.0261. The lowest BCUT2D eigenvalue weighted by Crippen LogP contribution is -2.60. The van der Waals surface area contributed by atoms with Crippen molar-refractivity contribution in [3.05, 3.63) is 122 Å². The number of nitrogens with one attached hydrogen (secondary N) is 1. The van der Waals surface area contributed by atoms with Crippen LogP contribution in [0.25, 0.3) is 0 Å². The van der Waals surface area contributed by atoms with Gasteiger partial charge in [-0.3, -0.25) is 4.79 Å². The molecule has 1 aliphatic rings. The Labute approximate surface area is 497 Å². The van der Waals surface area contributed by atoms with Gasteiger partial charge in [0.2, 0.25) is 5.91 Å². The van der Waals surface area contributed by atoms with Crippen LogP contribution in [0.3, 0.4) is 0 Å². The molecule has 9 heteroatoms. The molecule has 1 saturated heterocycles. The molecule has 0 aromatic heterocycles. The van der Waals surface area contributed by atoms with Crippen LogP contribution in [0, 0.1) is 0 Å². The molecule has 0 aliphatic carbocycles. The van der Waals surface area contributed by atoms with Gasteiger partial charge in [0.15, 0.2) is 6.29 Å². The summed E-state index contributed by atoms with van der Waals surface area (Å²) >= 11 is 0. The number of allylic oxidation sites excluding steroid dienone is 20. The van der Waals surface area contributed by atoms with E-state index in [-0.39, 0.29) is 12.5 Å². The van der Waals surface area contributed by atoms with E-state index in [4.69, 9.17) is 9.47 Å². The Morgan fingerprint density at radius 1 is 0.432 bits per heavy atom. The Balaban J connectivity index is 2.13. The third-order valence-electron chi connectivity index (χ3n) is 15.1. The summed E-state index contributed by atoms with van der Waals surface area (Å²) in [6, 6.07) is -0.729. The van der Waals surface area contributed by atoms with Crippen LogP contribution in [0.2, 0.25) is 0 Å². The van der Waals surface area contributed by atoms with Crippen LogP contribution in [0.1, 0.15) is 271 Å². The number of carbonyl (C=O) groups is 1. The summed E-state index contributed by atoms with van der Waals surface area (Å²) in [6.07, 6.45) is 82.4. The van der Waals surface area contributed by atoms with Crippen LogP contribution < -0.4 is 5.32 Å². The zero-order valence-corrected chi connectivity index (χ0v) is 51.7. The van der Waals surface area contributed by atoms with Gasteiger partial charge >= 0.3 is 0 Å². The Bertz CT molecular complexity index is 1690. The summed E-state index contributed by atoms with van der Waals surface area (Å²) in [6.45, 7) is 3.73. The van der Waals surface area contributed by atoms with E-state index in [0.29, 0.717) is 12.8 Å². The van der Waals surface area contributed by atoms with Crippen molar-refractivity contribution < 1.29 is 39.8 Å². The predicted molar refractivity (Wildman–Crippen MR) is 345 cm³/mol. The molecule has 81 heavy (non-hydrogen) atoms. The number of unbranched alkanes of at least 4 members (excludes halogenated alkanes) is 26. The van der Waals surface area contributed by atoms with Crippen molar-refractivity contribution in [2.45, 2.75) is 314 Å².